The van der Waals surface area contributed by atoms with Crippen LogP contribution in [-0.2, 0) is 32.6 Å². The number of likely N-dealkylation sites (N-methyl/N-ethyl adjacent to an activating group) is 1. The highest BCUT2D eigenvalue weighted by molar-refractivity contribution is 7.89. The van der Waals surface area contributed by atoms with Gasteiger partial charge in [0.15, 0.2) is 0 Å². The number of anilines is 1. The summed E-state index contributed by atoms with van der Waals surface area (Å²) < 4.78 is 27.1. The highest BCUT2D eigenvalue weighted by Gasteiger charge is 2.40. The molecule has 1 N–H and O–H groups in total. The number of fused-ring (bicyclic) bond motifs is 1. The topological polar surface area (TPSA) is 86.8 Å². The van der Waals surface area contributed by atoms with E-state index in [2.05, 4.69) is 5.32 Å². The standard InChI is InChI=1S/C23H27N3O4S/c1-16-12-19-13-20(10-11-21(19)26(16)23(28)18-8-9-18)31(29,30)25(2)15-22(27)24-14-17-6-4-3-5-7-17/h3-7,10-11,13,16,18H,8-9,12,14-15H2,1-2H3,(H,24,27). The van der Waals surface area contributed by atoms with Crippen LogP contribution in [-0.4, -0.2) is 44.2 Å². The van der Waals surface area contributed by atoms with Crippen molar-refractivity contribution >= 4 is 27.5 Å². The number of carbonyl (C=O) groups is 2. The molecular formula is C23H27N3O4S. The minimum atomic E-state index is -3.83. The number of hydrogen-bond acceptors (Lipinski definition) is 4. The molecule has 0 spiro atoms. The summed E-state index contributed by atoms with van der Waals surface area (Å²) in [6, 6.07) is 14.3. The van der Waals surface area contributed by atoms with Gasteiger partial charge in [-0.05, 0) is 55.5 Å². The van der Waals surface area contributed by atoms with E-state index < -0.39 is 10.0 Å². The van der Waals surface area contributed by atoms with Crippen LogP contribution in [0.3, 0.4) is 0 Å². The van der Waals surface area contributed by atoms with E-state index in [1.807, 2.05) is 42.2 Å². The van der Waals surface area contributed by atoms with Crippen molar-refractivity contribution in [1.82, 2.24) is 9.62 Å². The summed E-state index contributed by atoms with van der Waals surface area (Å²) in [5.41, 5.74) is 2.59. The minimum Gasteiger partial charge on any atom is -0.351 e. The molecule has 1 unspecified atom stereocenters. The first-order valence-corrected chi connectivity index (χ1v) is 11.9. The first-order chi connectivity index (χ1) is 14.8. The molecule has 1 aliphatic heterocycles. The van der Waals surface area contributed by atoms with Gasteiger partial charge < -0.3 is 10.2 Å². The normalized spacial score (nSPS) is 18.2. The van der Waals surface area contributed by atoms with Crippen LogP contribution in [0.2, 0.25) is 0 Å². The van der Waals surface area contributed by atoms with Gasteiger partial charge in [0.2, 0.25) is 21.8 Å². The Morgan fingerprint density at radius 3 is 2.52 bits per heavy atom. The van der Waals surface area contributed by atoms with Crippen molar-refractivity contribution < 1.29 is 18.0 Å². The lowest BCUT2D eigenvalue weighted by Gasteiger charge is -2.23. The number of amides is 2. The van der Waals surface area contributed by atoms with Crippen LogP contribution in [0, 0.1) is 5.92 Å². The Morgan fingerprint density at radius 2 is 1.84 bits per heavy atom. The van der Waals surface area contributed by atoms with Gasteiger partial charge in [0.05, 0.1) is 11.4 Å². The lowest BCUT2D eigenvalue weighted by Crippen LogP contribution is -2.38. The first-order valence-electron chi connectivity index (χ1n) is 10.5. The smallest absolute Gasteiger partial charge is 0.243 e. The third kappa shape index (κ3) is 4.50. The molecule has 31 heavy (non-hydrogen) atoms. The zero-order valence-corrected chi connectivity index (χ0v) is 18.6. The van der Waals surface area contributed by atoms with Crippen molar-refractivity contribution in [3.8, 4) is 0 Å². The van der Waals surface area contributed by atoms with E-state index in [0.29, 0.717) is 13.0 Å². The zero-order chi connectivity index (χ0) is 22.2. The molecular weight excluding hydrogens is 414 g/mol. The van der Waals surface area contributed by atoms with Gasteiger partial charge in [-0.3, -0.25) is 9.59 Å². The first kappa shape index (κ1) is 21.5. The summed E-state index contributed by atoms with van der Waals surface area (Å²) in [4.78, 5) is 26.8. The Balaban J connectivity index is 1.44. The summed E-state index contributed by atoms with van der Waals surface area (Å²) >= 11 is 0. The number of carbonyl (C=O) groups excluding carboxylic acids is 2. The van der Waals surface area contributed by atoms with Crippen LogP contribution in [0.1, 0.15) is 30.9 Å². The molecule has 0 saturated heterocycles. The van der Waals surface area contributed by atoms with Crippen molar-refractivity contribution in [3.63, 3.8) is 0 Å². The fourth-order valence-electron chi connectivity index (χ4n) is 3.95. The lowest BCUT2D eigenvalue weighted by atomic mass is 10.1. The van der Waals surface area contributed by atoms with E-state index in [4.69, 9.17) is 0 Å². The molecule has 2 amide bonds. The summed E-state index contributed by atoms with van der Waals surface area (Å²) in [5.74, 6) is -0.127. The highest BCUT2D eigenvalue weighted by atomic mass is 32.2. The second-order valence-electron chi connectivity index (χ2n) is 8.35. The summed E-state index contributed by atoms with van der Waals surface area (Å²) in [6.45, 7) is 2.06. The van der Waals surface area contributed by atoms with Crippen LogP contribution in [0.15, 0.2) is 53.4 Å². The van der Waals surface area contributed by atoms with Gasteiger partial charge in [-0.15, -0.1) is 0 Å². The van der Waals surface area contributed by atoms with Crippen molar-refractivity contribution in [2.24, 2.45) is 5.92 Å². The van der Waals surface area contributed by atoms with Crippen molar-refractivity contribution in [3.05, 3.63) is 59.7 Å². The maximum atomic E-state index is 13.0. The van der Waals surface area contributed by atoms with E-state index in [1.165, 1.54) is 13.1 Å². The zero-order valence-electron chi connectivity index (χ0n) is 17.7. The Hall–Kier alpha value is -2.71. The molecule has 1 fully saturated rings. The average Bonchev–Trinajstić information content (AvgIpc) is 3.54. The van der Waals surface area contributed by atoms with Crippen LogP contribution >= 0.6 is 0 Å². The SMILES string of the molecule is CC1Cc2cc(S(=O)(=O)N(C)CC(=O)NCc3ccccc3)ccc2N1C(=O)C1CC1. The van der Waals surface area contributed by atoms with Gasteiger partial charge in [0.1, 0.15) is 0 Å². The van der Waals surface area contributed by atoms with Gasteiger partial charge in [0.25, 0.3) is 0 Å². The van der Waals surface area contributed by atoms with E-state index in [9.17, 15) is 18.0 Å². The number of benzene rings is 2. The predicted molar refractivity (Wildman–Crippen MR) is 118 cm³/mol. The Bertz CT molecular complexity index is 1100. The van der Waals surface area contributed by atoms with Crippen LogP contribution in [0.4, 0.5) is 5.69 Å². The number of nitrogens with zero attached hydrogens (tertiary/aromatic N) is 2. The molecule has 0 aromatic heterocycles. The Kier molecular flexibility index (Phi) is 5.85. The predicted octanol–water partition coefficient (Wildman–Crippen LogP) is 2.31. The molecule has 1 aliphatic carbocycles. The Morgan fingerprint density at radius 1 is 1.13 bits per heavy atom. The Labute approximate surface area is 183 Å². The van der Waals surface area contributed by atoms with Gasteiger partial charge in [-0.1, -0.05) is 30.3 Å². The molecule has 7 nitrogen and oxygen atoms in total. The third-order valence-corrected chi connectivity index (χ3v) is 7.64. The molecule has 0 bridgehead atoms. The molecule has 1 atom stereocenters. The molecule has 2 aliphatic rings. The van der Waals surface area contributed by atoms with Crippen molar-refractivity contribution in [2.75, 3.05) is 18.5 Å². The molecule has 1 saturated carbocycles. The van der Waals surface area contributed by atoms with Crippen LogP contribution in [0.5, 0.6) is 0 Å². The molecule has 8 heteroatoms. The molecule has 1 heterocycles. The number of rotatable bonds is 7. The summed E-state index contributed by atoms with van der Waals surface area (Å²) in [6.07, 6.45) is 2.49. The molecule has 2 aromatic carbocycles. The van der Waals surface area contributed by atoms with Crippen LogP contribution < -0.4 is 10.2 Å². The average molecular weight is 442 g/mol. The number of nitrogens with one attached hydrogen (secondary N) is 1. The van der Waals surface area contributed by atoms with Crippen LogP contribution in [0.25, 0.3) is 0 Å². The van der Waals surface area contributed by atoms with Crippen molar-refractivity contribution in [2.45, 2.75) is 43.7 Å². The monoisotopic (exact) mass is 441 g/mol. The molecule has 4 rings (SSSR count). The van der Waals surface area contributed by atoms with Gasteiger partial charge in [-0.2, -0.15) is 4.31 Å². The molecule has 2 aromatic rings. The second-order valence-corrected chi connectivity index (χ2v) is 10.4. The quantitative estimate of drug-likeness (QED) is 0.714. The number of sulfonamides is 1. The number of hydrogen-bond donors (Lipinski definition) is 1. The second kappa shape index (κ2) is 8.43. The van der Waals surface area contributed by atoms with Gasteiger partial charge in [0, 0.05) is 31.2 Å². The van der Waals surface area contributed by atoms with E-state index in [-0.39, 0.29) is 35.2 Å². The highest BCUT2D eigenvalue weighted by Crippen LogP contribution is 2.39. The van der Waals surface area contributed by atoms with E-state index >= 15 is 0 Å². The largest absolute Gasteiger partial charge is 0.351 e. The maximum absolute atomic E-state index is 13.0. The van der Waals surface area contributed by atoms with Gasteiger partial charge >= 0.3 is 0 Å². The molecule has 164 valence electrons. The fraction of sp³-hybridized carbons (Fsp3) is 0.391. The van der Waals surface area contributed by atoms with Gasteiger partial charge in [-0.25, -0.2) is 8.42 Å². The summed E-state index contributed by atoms with van der Waals surface area (Å²) in [5, 5.41) is 2.75. The van der Waals surface area contributed by atoms with E-state index in [1.54, 1.807) is 12.1 Å². The minimum absolute atomic E-state index is 0.0162. The maximum Gasteiger partial charge on any atom is 0.243 e. The fourth-order valence-corrected chi connectivity index (χ4v) is 5.13. The van der Waals surface area contributed by atoms with E-state index in [0.717, 1.165) is 34.0 Å². The summed E-state index contributed by atoms with van der Waals surface area (Å²) in [7, 11) is -2.43. The lowest BCUT2D eigenvalue weighted by molar-refractivity contribution is -0.121. The third-order valence-electron chi connectivity index (χ3n) is 5.84. The molecule has 0 radical (unpaired) electrons. The van der Waals surface area contributed by atoms with Crippen molar-refractivity contribution in [1.29, 1.82) is 0 Å².